The van der Waals surface area contributed by atoms with Crippen molar-refractivity contribution in [1.29, 1.82) is 0 Å². The smallest absolute Gasteiger partial charge is 0.291 e. The summed E-state index contributed by atoms with van der Waals surface area (Å²) in [6.07, 6.45) is 0. The fourth-order valence-corrected chi connectivity index (χ4v) is 5.00. The zero-order valence-electron chi connectivity index (χ0n) is 15.7. The van der Waals surface area contributed by atoms with Crippen LogP contribution in [0.15, 0.2) is 44.9 Å². The van der Waals surface area contributed by atoms with Crippen LogP contribution in [-0.2, 0) is 4.74 Å². The van der Waals surface area contributed by atoms with Crippen LogP contribution in [-0.4, -0.2) is 50.2 Å². The van der Waals surface area contributed by atoms with Crippen molar-refractivity contribution in [2.45, 2.75) is 6.04 Å². The van der Waals surface area contributed by atoms with Crippen LogP contribution < -0.4 is 10.3 Å². The van der Waals surface area contributed by atoms with Gasteiger partial charge in [0.2, 0.25) is 5.76 Å². The van der Waals surface area contributed by atoms with E-state index in [1.807, 2.05) is 17.5 Å². The first kappa shape index (κ1) is 18.5. The molecule has 0 bridgehead atoms. The van der Waals surface area contributed by atoms with Crippen LogP contribution in [0.1, 0.15) is 27.0 Å². The Balaban J connectivity index is 1.58. The number of rotatable bonds is 4. The molecule has 0 saturated carbocycles. The Labute approximate surface area is 170 Å². The van der Waals surface area contributed by atoms with Crippen LogP contribution in [0.2, 0.25) is 0 Å². The largest absolute Gasteiger partial charge is 0.450 e. The molecule has 150 valence electrons. The van der Waals surface area contributed by atoms with Crippen LogP contribution in [0.4, 0.5) is 4.39 Å². The minimum absolute atomic E-state index is 0.0736. The second kappa shape index (κ2) is 7.37. The first-order chi connectivity index (χ1) is 14.1. The summed E-state index contributed by atoms with van der Waals surface area (Å²) in [6.45, 7) is 4.51. The standard InChI is InChI=1S/C21H19FN2O4S/c22-13-3-4-15-14(12-13)19(25)17-18(16-2-1-11-29-16)24(21(26)20(17)28-15)6-5-23-7-9-27-10-8-23/h1-4,11-12,18H,5-10H2/p+1/t18-/m1/s1. The summed E-state index contributed by atoms with van der Waals surface area (Å²) >= 11 is 1.49. The molecule has 2 aliphatic heterocycles. The van der Waals surface area contributed by atoms with Gasteiger partial charge in [-0.2, -0.15) is 0 Å². The number of carbonyl (C=O) groups is 1. The first-order valence-corrected chi connectivity index (χ1v) is 10.5. The van der Waals surface area contributed by atoms with Gasteiger partial charge in [-0.3, -0.25) is 9.59 Å². The lowest BCUT2D eigenvalue weighted by molar-refractivity contribution is -0.907. The van der Waals surface area contributed by atoms with E-state index < -0.39 is 11.9 Å². The summed E-state index contributed by atoms with van der Waals surface area (Å²) in [4.78, 5) is 30.5. The summed E-state index contributed by atoms with van der Waals surface area (Å²) in [6, 6.07) is 7.13. The number of carbonyl (C=O) groups excluding carboxylic acids is 1. The second-order valence-corrected chi connectivity index (χ2v) is 8.32. The molecule has 6 nitrogen and oxygen atoms in total. The van der Waals surface area contributed by atoms with Gasteiger partial charge in [-0.15, -0.1) is 11.3 Å². The number of amides is 1. The molecule has 1 amide bonds. The number of hydrogen-bond acceptors (Lipinski definition) is 5. The van der Waals surface area contributed by atoms with Crippen molar-refractivity contribution in [3.05, 3.63) is 68.0 Å². The van der Waals surface area contributed by atoms with E-state index in [1.54, 1.807) is 4.90 Å². The first-order valence-electron chi connectivity index (χ1n) is 9.65. The lowest BCUT2D eigenvalue weighted by atomic mass is 10.0. The molecular weight excluding hydrogens is 395 g/mol. The lowest BCUT2D eigenvalue weighted by Crippen LogP contribution is -3.14. The summed E-state index contributed by atoms with van der Waals surface area (Å²) in [7, 11) is 0. The van der Waals surface area contributed by atoms with E-state index in [9.17, 15) is 14.0 Å². The Bertz CT molecular complexity index is 1120. The third-order valence-electron chi connectivity index (χ3n) is 5.65. The van der Waals surface area contributed by atoms with Gasteiger partial charge in [-0.05, 0) is 29.6 Å². The van der Waals surface area contributed by atoms with Gasteiger partial charge in [0.25, 0.3) is 5.91 Å². The van der Waals surface area contributed by atoms with Crippen molar-refractivity contribution in [2.24, 2.45) is 0 Å². The molecule has 1 atom stereocenters. The highest BCUT2D eigenvalue weighted by Gasteiger charge is 2.43. The van der Waals surface area contributed by atoms with E-state index in [2.05, 4.69) is 0 Å². The number of nitrogens with one attached hydrogen (secondary N) is 1. The van der Waals surface area contributed by atoms with Crippen molar-refractivity contribution in [1.82, 2.24) is 4.90 Å². The maximum absolute atomic E-state index is 13.8. The van der Waals surface area contributed by atoms with Crippen LogP contribution in [0.25, 0.3) is 11.0 Å². The molecule has 1 saturated heterocycles. The van der Waals surface area contributed by atoms with Crippen molar-refractivity contribution < 1.29 is 23.2 Å². The Morgan fingerprint density at radius 3 is 2.79 bits per heavy atom. The predicted octanol–water partition coefficient (Wildman–Crippen LogP) is 1.45. The maximum Gasteiger partial charge on any atom is 0.291 e. The number of morpholine rings is 1. The molecule has 29 heavy (non-hydrogen) atoms. The molecule has 2 aromatic heterocycles. The van der Waals surface area contributed by atoms with Crippen molar-refractivity contribution in [2.75, 3.05) is 39.4 Å². The highest BCUT2D eigenvalue weighted by molar-refractivity contribution is 7.10. The van der Waals surface area contributed by atoms with Gasteiger partial charge in [-0.1, -0.05) is 6.07 Å². The van der Waals surface area contributed by atoms with Gasteiger partial charge in [0.15, 0.2) is 5.43 Å². The van der Waals surface area contributed by atoms with Crippen molar-refractivity contribution in [3.8, 4) is 0 Å². The van der Waals surface area contributed by atoms with Crippen molar-refractivity contribution >= 4 is 28.2 Å². The van der Waals surface area contributed by atoms with Gasteiger partial charge < -0.3 is 19.0 Å². The topological polar surface area (TPSA) is 64.2 Å². The zero-order chi connectivity index (χ0) is 20.0. The zero-order valence-corrected chi connectivity index (χ0v) is 16.5. The van der Waals surface area contributed by atoms with E-state index in [1.165, 1.54) is 34.4 Å². The SMILES string of the molecule is O=C1c2oc3ccc(F)cc3c(=O)c2[C@@H](c2cccs2)N1CC[NH+]1CCOCC1. The minimum atomic E-state index is -0.505. The van der Waals surface area contributed by atoms with Gasteiger partial charge in [0.05, 0.1) is 43.3 Å². The number of quaternary nitrogens is 1. The average molecular weight is 415 g/mol. The number of nitrogens with zero attached hydrogens (tertiary/aromatic N) is 1. The molecule has 1 fully saturated rings. The molecular formula is C21H20FN2O4S+. The normalized spacial score (nSPS) is 19.8. The third kappa shape index (κ3) is 3.17. The summed E-state index contributed by atoms with van der Waals surface area (Å²) < 4.78 is 25.0. The highest BCUT2D eigenvalue weighted by Crippen LogP contribution is 2.39. The number of hydrogen-bond donors (Lipinski definition) is 1. The van der Waals surface area contributed by atoms with Gasteiger partial charge >= 0.3 is 0 Å². The number of fused-ring (bicyclic) bond motifs is 2. The van der Waals surface area contributed by atoms with E-state index in [0.29, 0.717) is 12.1 Å². The van der Waals surface area contributed by atoms with E-state index in [0.717, 1.165) is 37.7 Å². The van der Waals surface area contributed by atoms with E-state index in [4.69, 9.17) is 9.15 Å². The van der Waals surface area contributed by atoms with E-state index >= 15 is 0 Å². The molecule has 1 N–H and O–H groups in total. The molecule has 0 radical (unpaired) electrons. The quantitative estimate of drug-likeness (QED) is 0.701. The monoisotopic (exact) mass is 415 g/mol. The Kier molecular flexibility index (Phi) is 4.69. The molecule has 5 rings (SSSR count). The number of benzene rings is 1. The minimum Gasteiger partial charge on any atom is -0.450 e. The van der Waals surface area contributed by atoms with Gasteiger partial charge in [0, 0.05) is 4.88 Å². The van der Waals surface area contributed by atoms with Crippen LogP contribution in [0.5, 0.6) is 0 Å². The predicted molar refractivity (Wildman–Crippen MR) is 106 cm³/mol. The van der Waals surface area contributed by atoms with Gasteiger partial charge in [-0.25, -0.2) is 4.39 Å². The Hall–Kier alpha value is -2.55. The fourth-order valence-electron chi connectivity index (χ4n) is 4.15. The van der Waals surface area contributed by atoms with E-state index in [-0.39, 0.29) is 28.1 Å². The molecule has 0 unspecified atom stereocenters. The maximum atomic E-state index is 13.8. The molecule has 0 spiro atoms. The number of thiophene rings is 1. The molecule has 2 aliphatic rings. The van der Waals surface area contributed by atoms with Crippen molar-refractivity contribution in [3.63, 3.8) is 0 Å². The fraction of sp³-hybridized carbons (Fsp3) is 0.333. The second-order valence-electron chi connectivity index (χ2n) is 7.34. The number of ether oxygens (including phenoxy) is 1. The molecule has 4 heterocycles. The Morgan fingerprint density at radius 2 is 2.03 bits per heavy atom. The van der Waals surface area contributed by atoms with Crippen LogP contribution in [0, 0.1) is 5.82 Å². The lowest BCUT2D eigenvalue weighted by Gasteiger charge is -2.28. The van der Waals surface area contributed by atoms with Crippen LogP contribution in [0.3, 0.4) is 0 Å². The summed E-state index contributed by atoms with van der Waals surface area (Å²) in [5.41, 5.74) is 0.204. The molecule has 8 heteroatoms. The van der Waals surface area contributed by atoms with Crippen LogP contribution >= 0.6 is 11.3 Å². The summed E-state index contributed by atoms with van der Waals surface area (Å²) in [5, 5.41) is 2.09. The van der Waals surface area contributed by atoms with Gasteiger partial charge in [0.1, 0.15) is 24.5 Å². The summed E-state index contributed by atoms with van der Waals surface area (Å²) in [5.74, 6) is -0.714. The molecule has 1 aromatic carbocycles. The third-order valence-corrected chi connectivity index (χ3v) is 6.57. The Morgan fingerprint density at radius 1 is 1.21 bits per heavy atom. The molecule has 3 aromatic rings. The molecule has 0 aliphatic carbocycles. The number of halogens is 1. The highest BCUT2D eigenvalue weighted by atomic mass is 32.1. The average Bonchev–Trinajstić information content (AvgIpc) is 3.35.